The molecule has 1 saturated carbocycles. The molecule has 16 heavy (non-hydrogen) atoms. The number of methoxy groups -OCH3 is 1. The summed E-state index contributed by atoms with van der Waals surface area (Å²) in [7, 11) is 5.52. The summed E-state index contributed by atoms with van der Waals surface area (Å²) in [6.45, 7) is 6.82. The van der Waals surface area contributed by atoms with Gasteiger partial charge in [-0.3, -0.25) is 4.79 Å². The van der Waals surface area contributed by atoms with Gasteiger partial charge in [0.15, 0.2) is 0 Å². The summed E-state index contributed by atoms with van der Waals surface area (Å²) in [5.74, 6) is 0.0845. The molecule has 1 rings (SSSR count). The van der Waals surface area contributed by atoms with Gasteiger partial charge in [0.2, 0.25) is 5.91 Å². The molecule has 1 aliphatic carbocycles. The number of ether oxygens (including phenoxy) is 1. The molecule has 1 fully saturated rings. The van der Waals surface area contributed by atoms with Gasteiger partial charge in [-0.05, 0) is 27.4 Å². The lowest BCUT2D eigenvalue weighted by Gasteiger charge is -2.59. The Hall–Kier alpha value is -0.610. The summed E-state index contributed by atoms with van der Waals surface area (Å²) in [5, 5.41) is 3.07. The molecule has 0 aromatic heterocycles. The molecule has 4 nitrogen and oxygen atoms in total. The van der Waals surface area contributed by atoms with Crippen molar-refractivity contribution < 1.29 is 9.53 Å². The van der Waals surface area contributed by atoms with Crippen molar-refractivity contribution in [3.05, 3.63) is 0 Å². The van der Waals surface area contributed by atoms with Crippen molar-refractivity contribution in [1.29, 1.82) is 0 Å². The first kappa shape index (κ1) is 13.5. The van der Waals surface area contributed by atoms with Crippen LogP contribution in [0.3, 0.4) is 0 Å². The second-order valence-corrected chi connectivity index (χ2v) is 5.72. The lowest BCUT2D eigenvalue weighted by Crippen LogP contribution is -2.69. The van der Waals surface area contributed by atoms with Crippen molar-refractivity contribution in [1.82, 2.24) is 10.2 Å². The van der Waals surface area contributed by atoms with E-state index in [-0.39, 0.29) is 23.0 Å². The maximum atomic E-state index is 11.7. The van der Waals surface area contributed by atoms with E-state index in [9.17, 15) is 4.79 Å². The van der Waals surface area contributed by atoms with E-state index in [0.29, 0.717) is 6.54 Å². The maximum Gasteiger partial charge on any atom is 0.234 e. The summed E-state index contributed by atoms with van der Waals surface area (Å²) in [4.78, 5) is 13.5. The average Bonchev–Trinajstić information content (AvgIpc) is 2.15. The first-order chi connectivity index (χ1) is 7.23. The molecule has 0 bridgehead atoms. The summed E-state index contributed by atoms with van der Waals surface area (Å²) in [6.07, 6.45) is 0.885. The number of likely N-dealkylation sites (N-methyl/N-ethyl adjacent to an activating group) is 1. The molecular weight excluding hydrogens is 204 g/mol. The Balaban J connectivity index is 2.51. The zero-order valence-corrected chi connectivity index (χ0v) is 11.3. The van der Waals surface area contributed by atoms with Gasteiger partial charge in [-0.1, -0.05) is 13.8 Å². The van der Waals surface area contributed by atoms with Crippen LogP contribution in [0.1, 0.15) is 27.2 Å². The van der Waals surface area contributed by atoms with Crippen molar-refractivity contribution in [2.75, 3.05) is 27.7 Å². The Morgan fingerprint density at radius 2 is 2.00 bits per heavy atom. The third-order valence-corrected chi connectivity index (χ3v) is 4.07. The van der Waals surface area contributed by atoms with Crippen molar-refractivity contribution >= 4 is 5.91 Å². The summed E-state index contributed by atoms with van der Waals surface area (Å²) >= 11 is 0. The molecule has 0 aromatic carbocycles. The first-order valence-electron chi connectivity index (χ1n) is 5.72. The Bertz CT molecular complexity index is 276. The number of hydrogen-bond acceptors (Lipinski definition) is 3. The largest absolute Gasteiger partial charge is 0.378 e. The van der Waals surface area contributed by atoms with E-state index in [1.807, 2.05) is 19.0 Å². The van der Waals surface area contributed by atoms with Crippen molar-refractivity contribution in [2.24, 2.45) is 5.41 Å². The molecule has 0 saturated heterocycles. The number of nitrogens with zero attached hydrogens (tertiary/aromatic N) is 1. The zero-order valence-electron chi connectivity index (χ0n) is 11.3. The molecule has 0 spiro atoms. The third-order valence-electron chi connectivity index (χ3n) is 4.07. The summed E-state index contributed by atoms with van der Waals surface area (Å²) < 4.78 is 5.52. The molecule has 2 atom stereocenters. The van der Waals surface area contributed by atoms with Gasteiger partial charge >= 0.3 is 0 Å². The number of rotatable bonds is 4. The minimum Gasteiger partial charge on any atom is -0.378 e. The highest BCUT2D eigenvalue weighted by Gasteiger charge is 2.58. The molecule has 1 N–H and O–H groups in total. The van der Waals surface area contributed by atoms with Crippen molar-refractivity contribution in [3.63, 3.8) is 0 Å². The number of carbonyl (C=O) groups is 1. The minimum atomic E-state index is -0.122. The second-order valence-electron chi connectivity index (χ2n) is 5.72. The molecule has 1 aliphatic rings. The van der Waals surface area contributed by atoms with Gasteiger partial charge in [-0.15, -0.1) is 0 Å². The van der Waals surface area contributed by atoms with E-state index in [2.05, 4.69) is 26.1 Å². The average molecular weight is 228 g/mol. The quantitative estimate of drug-likeness (QED) is 0.776. The molecule has 0 radical (unpaired) electrons. The monoisotopic (exact) mass is 228 g/mol. The third kappa shape index (κ3) is 2.23. The number of nitrogens with one attached hydrogen (secondary N) is 1. The summed E-state index contributed by atoms with van der Waals surface area (Å²) in [6, 6.07) is 0.213. The van der Waals surface area contributed by atoms with Crippen LogP contribution in [0, 0.1) is 5.41 Å². The molecule has 0 heterocycles. The predicted octanol–water partition coefficient (Wildman–Crippen LogP) is 0.868. The smallest absolute Gasteiger partial charge is 0.234 e. The van der Waals surface area contributed by atoms with Gasteiger partial charge in [0, 0.05) is 18.6 Å². The lowest BCUT2D eigenvalue weighted by molar-refractivity contribution is -0.182. The highest BCUT2D eigenvalue weighted by atomic mass is 16.5. The Labute approximate surface area is 98.3 Å². The van der Waals surface area contributed by atoms with Crippen LogP contribution in [-0.4, -0.2) is 50.2 Å². The van der Waals surface area contributed by atoms with Crippen LogP contribution < -0.4 is 5.32 Å². The normalized spacial score (nSPS) is 32.3. The summed E-state index contributed by atoms with van der Waals surface area (Å²) in [5.41, 5.74) is -0.132. The first-order valence-corrected chi connectivity index (χ1v) is 5.72. The standard InChI is InChI=1S/C12H24N2O2/c1-11(2)9(7-12(11,3)16-6)13-10(15)8-14(4)5/h9H,7-8H2,1-6H3,(H,13,15)/t9-,12+/m0/s1. The fourth-order valence-corrected chi connectivity index (χ4v) is 2.25. The van der Waals surface area contributed by atoms with E-state index in [1.54, 1.807) is 7.11 Å². The number of hydrogen-bond donors (Lipinski definition) is 1. The van der Waals surface area contributed by atoms with E-state index in [0.717, 1.165) is 6.42 Å². The molecule has 0 aromatic rings. The van der Waals surface area contributed by atoms with Crippen molar-refractivity contribution in [2.45, 2.75) is 38.8 Å². The van der Waals surface area contributed by atoms with E-state index >= 15 is 0 Å². The number of amides is 1. The van der Waals surface area contributed by atoms with E-state index < -0.39 is 0 Å². The van der Waals surface area contributed by atoms with E-state index in [4.69, 9.17) is 4.74 Å². The molecule has 0 aliphatic heterocycles. The van der Waals surface area contributed by atoms with Gasteiger partial charge in [0.05, 0.1) is 12.1 Å². The second kappa shape index (κ2) is 4.34. The Morgan fingerprint density at radius 1 is 1.44 bits per heavy atom. The Morgan fingerprint density at radius 3 is 2.38 bits per heavy atom. The van der Waals surface area contributed by atoms with Gasteiger partial charge in [-0.2, -0.15) is 0 Å². The zero-order chi connectivity index (χ0) is 12.6. The Kier molecular flexibility index (Phi) is 3.65. The maximum absolute atomic E-state index is 11.7. The molecular formula is C12H24N2O2. The van der Waals surface area contributed by atoms with Gasteiger partial charge in [-0.25, -0.2) is 0 Å². The van der Waals surface area contributed by atoms with Gasteiger partial charge in [0.1, 0.15) is 0 Å². The van der Waals surface area contributed by atoms with Gasteiger partial charge in [0.25, 0.3) is 0 Å². The van der Waals surface area contributed by atoms with Crippen LogP contribution >= 0.6 is 0 Å². The van der Waals surface area contributed by atoms with Crippen LogP contribution in [0.15, 0.2) is 0 Å². The fraction of sp³-hybridized carbons (Fsp3) is 0.917. The van der Waals surface area contributed by atoms with Crippen LogP contribution in [0.25, 0.3) is 0 Å². The highest BCUT2D eigenvalue weighted by molar-refractivity contribution is 5.78. The molecule has 0 unspecified atom stereocenters. The highest BCUT2D eigenvalue weighted by Crippen LogP contribution is 2.51. The molecule has 1 amide bonds. The number of carbonyl (C=O) groups excluding carboxylic acids is 1. The fourth-order valence-electron chi connectivity index (χ4n) is 2.25. The predicted molar refractivity (Wildman–Crippen MR) is 64.3 cm³/mol. The topological polar surface area (TPSA) is 41.6 Å². The lowest BCUT2D eigenvalue weighted by atomic mass is 9.56. The molecule has 94 valence electrons. The molecule has 4 heteroatoms. The SMILES string of the molecule is CO[C@]1(C)C[C@H](NC(=O)CN(C)C)C1(C)C. The van der Waals surface area contributed by atoms with E-state index in [1.165, 1.54) is 0 Å². The van der Waals surface area contributed by atoms with Crippen LogP contribution in [0.2, 0.25) is 0 Å². The van der Waals surface area contributed by atoms with Crippen LogP contribution in [0.5, 0.6) is 0 Å². The van der Waals surface area contributed by atoms with Crippen LogP contribution in [-0.2, 0) is 9.53 Å². The van der Waals surface area contributed by atoms with Crippen LogP contribution in [0.4, 0.5) is 0 Å². The van der Waals surface area contributed by atoms with Gasteiger partial charge < -0.3 is 15.0 Å². The minimum absolute atomic E-state index is 0.0102. The van der Waals surface area contributed by atoms with Crippen molar-refractivity contribution in [3.8, 4) is 0 Å².